The van der Waals surface area contributed by atoms with Gasteiger partial charge in [0.1, 0.15) is 0 Å². The predicted molar refractivity (Wildman–Crippen MR) is 74.8 cm³/mol. The summed E-state index contributed by atoms with van der Waals surface area (Å²) in [7, 11) is 0. The zero-order chi connectivity index (χ0) is 11.8. The van der Waals surface area contributed by atoms with Crippen LogP contribution in [0.4, 0.5) is 5.69 Å². The van der Waals surface area contributed by atoms with Crippen LogP contribution in [0.3, 0.4) is 0 Å². The lowest BCUT2D eigenvalue weighted by atomic mass is 9.96. The van der Waals surface area contributed by atoms with Crippen LogP contribution in [-0.4, -0.2) is 25.2 Å². The minimum atomic E-state index is 0.652. The molecule has 1 saturated heterocycles. The Balaban J connectivity index is 1.78. The summed E-state index contributed by atoms with van der Waals surface area (Å²) in [4.78, 5) is 2.64. The monoisotopic (exact) mass is 250 g/mol. The van der Waals surface area contributed by atoms with Crippen LogP contribution >= 0.6 is 11.3 Å². The highest BCUT2D eigenvalue weighted by Gasteiger charge is 2.38. The van der Waals surface area contributed by atoms with E-state index in [1.807, 2.05) is 11.3 Å². The third-order valence-electron chi connectivity index (χ3n) is 4.18. The van der Waals surface area contributed by atoms with E-state index in [0.29, 0.717) is 12.0 Å². The van der Waals surface area contributed by atoms with Gasteiger partial charge in [-0.2, -0.15) is 11.3 Å². The SMILES string of the molecule is CC(C)C1CNC(C2CC2)CN1c1ccsc1. The van der Waals surface area contributed by atoms with Crippen LogP contribution in [0.2, 0.25) is 0 Å². The summed E-state index contributed by atoms with van der Waals surface area (Å²) < 4.78 is 0. The molecule has 1 N–H and O–H groups in total. The molecule has 1 aliphatic heterocycles. The lowest BCUT2D eigenvalue weighted by molar-refractivity contribution is 0.320. The Bertz CT molecular complexity index is 356. The molecule has 1 aliphatic carbocycles. The molecule has 3 heteroatoms. The maximum absolute atomic E-state index is 3.77. The second-order valence-corrected chi connectivity index (χ2v) is 6.58. The normalized spacial score (nSPS) is 29.9. The van der Waals surface area contributed by atoms with E-state index in [0.717, 1.165) is 18.5 Å². The van der Waals surface area contributed by atoms with Crippen molar-refractivity contribution in [1.29, 1.82) is 0 Å². The Labute approximate surface area is 108 Å². The van der Waals surface area contributed by atoms with Crippen molar-refractivity contribution in [2.45, 2.75) is 38.8 Å². The Morgan fingerprint density at radius 1 is 1.41 bits per heavy atom. The van der Waals surface area contributed by atoms with Crippen molar-refractivity contribution >= 4 is 17.0 Å². The Kier molecular flexibility index (Phi) is 3.14. The first kappa shape index (κ1) is 11.5. The van der Waals surface area contributed by atoms with Crippen LogP contribution in [0.1, 0.15) is 26.7 Å². The summed E-state index contributed by atoms with van der Waals surface area (Å²) in [6.07, 6.45) is 2.86. The third-order valence-corrected chi connectivity index (χ3v) is 4.85. The molecule has 2 atom stereocenters. The Morgan fingerprint density at radius 2 is 2.24 bits per heavy atom. The van der Waals surface area contributed by atoms with Gasteiger partial charge in [0.15, 0.2) is 0 Å². The smallest absolute Gasteiger partial charge is 0.0478 e. The third kappa shape index (κ3) is 2.36. The Morgan fingerprint density at radius 3 is 2.82 bits per heavy atom. The molecule has 2 heterocycles. The predicted octanol–water partition coefficient (Wildman–Crippen LogP) is 2.96. The van der Waals surface area contributed by atoms with Crippen molar-refractivity contribution in [1.82, 2.24) is 5.32 Å². The maximum Gasteiger partial charge on any atom is 0.0478 e. The summed E-state index contributed by atoms with van der Waals surface area (Å²) >= 11 is 1.81. The van der Waals surface area contributed by atoms with Crippen molar-refractivity contribution in [3.05, 3.63) is 16.8 Å². The average Bonchev–Trinajstić information content (AvgIpc) is 3.04. The van der Waals surface area contributed by atoms with E-state index in [-0.39, 0.29) is 0 Å². The molecule has 0 spiro atoms. The van der Waals surface area contributed by atoms with Gasteiger partial charge in [0.2, 0.25) is 0 Å². The van der Waals surface area contributed by atoms with Crippen LogP contribution in [0, 0.1) is 11.8 Å². The number of hydrogen-bond acceptors (Lipinski definition) is 3. The van der Waals surface area contributed by atoms with Gasteiger partial charge in [-0.1, -0.05) is 13.8 Å². The molecule has 1 aromatic heterocycles. The lowest BCUT2D eigenvalue weighted by Crippen LogP contribution is -2.59. The van der Waals surface area contributed by atoms with Gasteiger partial charge < -0.3 is 10.2 Å². The van der Waals surface area contributed by atoms with E-state index in [1.54, 1.807) is 0 Å². The number of anilines is 1. The number of thiophene rings is 1. The molecule has 3 rings (SSSR count). The molecule has 0 bridgehead atoms. The van der Waals surface area contributed by atoms with Crippen LogP contribution in [-0.2, 0) is 0 Å². The zero-order valence-corrected chi connectivity index (χ0v) is 11.5. The first-order chi connectivity index (χ1) is 8.25. The molecule has 0 amide bonds. The molecule has 1 aromatic rings. The number of nitrogens with zero attached hydrogens (tertiary/aromatic N) is 1. The Hall–Kier alpha value is -0.540. The molecular formula is C14H22N2S. The van der Waals surface area contributed by atoms with Crippen LogP contribution in [0.15, 0.2) is 16.8 Å². The maximum atomic E-state index is 3.77. The quantitative estimate of drug-likeness (QED) is 0.887. The van der Waals surface area contributed by atoms with E-state index in [2.05, 4.69) is 40.9 Å². The van der Waals surface area contributed by atoms with Gasteiger partial charge in [-0.05, 0) is 36.1 Å². The summed E-state index contributed by atoms with van der Waals surface area (Å²) in [5.74, 6) is 1.66. The van der Waals surface area contributed by atoms with Crippen molar-refractivity contribution in [2.24, 2.45) is 11.8 Å². The van der Waals surface area contributed by atoms with Gasteiger partial charge >= 0.3 is 0 Å². The standard InChI is InChI=1S/C14H22N2S/c1-10(2)14-7-15-13(11-3-4-11)8-16(14)12-5-6-17-9-12/h5-6,9-11,13-15H,3-4,7-8H2,1-2H3. The number of hydrogen-bond donors (Lipinski definition) is 1. The van der Waals surface area contributed by atoms with Gasteiger partial charge in [0.05, 0.1) is 0 Å². The number of piperazine rings is 1. The molecule has 0 radical (unpaired) electrons. The van der Waals surface area contributed by atoms with Crippen LogP contribution in [0.5, 0.6) is 0 Å². The first-order valence-corrected chi connectivity index (χ1v) is 7.72. The van der Waals surface area contributed by atoms with Gasteiger partial charge in [0.25, 0.3) is 0 Å². The van der Waals surface area contributed by atoms with Gasteiger partial charge in [-0.15, -0.1) is 0 Å². The summed E-state index contributed by atoms with van der Waals surface area (Å²) in [5.41, 5.74) is 1.43. The fraction of sp³-hybridized carbons (Fsp3) is 0.714. The van der Waals surface area contributed by atoms with E-state index in [1.165, 1.54) is 25.1 Å². The van der Waals surface area contributed by atoms with E-state index >= 15 is 0 Å². The van der Waals surface area contributed by atoms with Crippen LogP contribution in [0.25, 0.3) is 0 Å². The minimum absolute atomic E-state index is 0.652. The summed E-state index contributed by atoms with van der Waals surface area (Å²) in [6, 6.07) is 3.65. The second kappa shape index (κ2) is 4.62. The molecule has 2 aliphatic rings. The van der Waals surface area contributed by atoms with Crippen molar-refractivity contribution in [3.8, 4) is 0 Å². The van der Waals surface area contributed by atoms with Gasteiger partial charge in [0, 0.05) is 36.2 Å². The highest BCUT2D eigenvalue weighted by molar-refractivity contribution is 7.08. The average molecular weight is 250 g/mol. The number of nitrogens with one attached hydrogen (secondary N) is 1. The zero-order valence-electron chi connectivity index (χ0n) is 10.7. The molecule has 94 valence electrons. The van der Waals surface area contributed by atoms with Crippen molar-refractivity contribution in [2.75, 3.05) is 18.0 Å². The minimum Gasteiger partial charge on any atom is -0.365 e. The lowest BCUT2D eigenvalue weighted by Gasteiger charge is -2.43. The highest BCUT2D eigenvalue weighted by Crippen LogP contribution is 2.36. The summed E-state index contributed by atoms with van der Waals surface area (Å²) in [5, 5.41) is 8.26. The van der Waals surface area contributed by atoms with E-state index < -0.39 is 0 Å². The van der Waals surface area contributed by atoms with Crippen LogP contribution < -0.4 is 10.2 Å². The highest BCUT2D eigenvalue weighted by atomic mass is 32.1. The molecule has 2 fully saturated rings. The molecule has 2 nitrogen and oxygen atoms in total. The van der Waals surface area contributed by atoms with E-state index in [4.69, 9.17) is 0 Å². The fourth-order valence-electron chi connectivity index (χ4n) is 2.92. The molecule has 17 heavy (non-hydrogen) atoms. The van der Waals surface area contributed by atoms with Gasteiger partial charge in [-0.3, -0.25) is 0 Å². The molecular weight excluding hydrogens is 228 g/mol. The summed E-state index contributed by atoms with van der Waals surface area (Å²) in [6.45, 7) is 7.02. The van der Waals surface area contributed by atoms with Crippen molar-refractivity contribution in [3.63, 3.8) is 0 Å². The molecule has 0 aromatic carbocycles. The van der Waals surface area contributed by atoms with Gasteiger partial charge in [-0.25, -0.2) is 0 Å². The molecule has 2 unspecified atom stereocenters. The fourth-order valence-corrected chi connectivity index (χ4v) is 3.57. The molecule has 1 saturated carbocycles. The van der Waals surface area contributed by atoms with E-state index in [9.17, 15) is 0 Å². The number of rotatable bonds is 3. The first-order valence-electron chi connectivity index (χ1n) is 6.78. The topological polar surface area (TPSA) is 15.3 Å². The largest absolute Gasteiger partial charge is 0.365 e. The second-order valence-electron chi connectivity index (χ2n) is 5.80. The van der Waals surface area contributed by atoms with Crippen molar-refractivity contribution < 1.29 is 0 Å².